The van der Waals surface area contributed by atoms with Crippen molar-refractivity contribution in [2.24, 2.45) is 0 Å². The molecule has 0 aliphatic carbocycles. The molecule has 0 saturated heterocycles. The molecule has 0 fully saturated rings. The molecule has 0 radical (unpaired) electrons. The Labute approximate surface area is 93.4 Å². The lowest BCUT2D eigenvalue weighted by Gasteiger charge is -2.04. The van der Waals surface area contributed by atoms with E-state index in [1.54, 1.807) is 30.3 Å². The molecule has 78 valence electrons. The van der Waals surface area contributed by atoms with E-state index in [1.807, 2.05) is 6.07 Å². The molecule has 0 atom stereocenters. The molecule has 2 aromatic carbocycles. The van der Waals surface area contributed by atoms with Crippen molar-refractivity contribution in [1.82, 2.24) is 0 Å². The maximum absolute atomic E-state index is 11.5. The summed E-state index contributed by atoms with van der Waals surface area (Å²) in [5.41, 5.74) is 0. The van der Waals surface area contributed by atoms with Crippen LogP contribution in [0.4, 0.5) is 0 Å². The lowest BCUT2D eigenvalue weighted by Crippen LogP contribution is -1.97. The maximum atomic E-state index is 11.5. The van der Waals surface area contributed by atoms with Gasteiger partial charge in [-0.2, -0.15) is 0 Å². The van der Waals surface area contributed by atoms with Gasteiger partial charge in [0, 0.05) is 16.7 Å². The average Bonchev–Trinajstić information content (AvgIpc) is 2.15. The third kappa shape index (κ3) is 1.98. The maximum Gasteiger partial charge on any atom is 0.176 e. The van der Waals surface area contributed by atoms with Crippen molar-refractivity contribution in [1.29, 1.82) is 0 Å². The van der Waals surface area contributed by atoms with Crippen molar-refractivity contribution in [3.8, 4) is 0 Å². The molecule has 0 aliphatic heterocycles. The zero-order chi connectivity index (χ0) is 11.1. The van der Waals surface area contributed by atoms with Crippen LogP contribution in [-0.2, 0) is 9.84 Å². The Kier molecular flexibility index (Phi) is 2.44. The predicted octanol–water partition coefficient (Wildman–Crippen LogP) is 2.90. The van der Waals surface area contributed by atoms with Crippen LogP contribution in [0, 0.1) is 0 Å². The summed E-state index contributed by atoms with van der Waals surface area (Å²) in [4.78, 5) is 0.344. The van der Waals surface area contributed by atoms with Gasteiger partial charge < -0.3 is 0 Å². The summed E-state index contributed by atoms with van der Waals surface area (Å²) >= 11 is 5.84. The van der Waals surface area contributed by atoms with Gasteiger partial charge in [-0.15, -0.1) is 0 Å². The lowest BCUT2D eigenvalue weighted by atomic mass is 10.1. The van der Waals surface area contributed by atoms with Crippen LogP contribution in [0.3, 0.4) is 0 Å². The van der Waals surface area contributed by atoms with Crippen LogP contribution >= 0.6 is 11.6 Å². The minimum absolute atomic E-state index is 0.344. The van der Waals surface area contributed by atoms with Crippen LogP contribution in [0.25, 0.3) is 10.8 Å². The van der Waals surface area contributed by atoms with Gasteiger partial charge in [-0.1, -0.05) is 29.8 Å². The van der Waals surface area contributed by atoms with Crippen molar-refractivity contribution < 1.29 is 8.42 Å². The molecule has 0 spiro atoms. The number of halogens is 1. The number of benzene rings is 2. The summed E-state index contributed by atoms with van der Waals surface area (Å²) in [6.45, 7) is 0. The third-order valence-electron chi connectivity index (χ3n) is 2.20. The molecule has 0 aliphatic rings. The molecule has 0 unspecified atom stereocenters. The van der Waals surface area contributed by atoms with E-state index in [0.29, 0.717) is 15.3 Å². The molecular weight excluding hydrogens is 232 g/mol. The lowest BCUT2D eigenvalue weighted by molar-refractivity contribution is 0.602. The van der Waals surface area contributed by atoms with E-state index >= 15 is 0 Å². The van der Waals surface area contributed by atoms with E-state index in [0.717, 1.165) is 5.39 Å². The summed E-state index contributed by atoms with van der Waals surface area (Å²) < 4.78 is 23.0. The van der Waals surface area contributed by atoms with Gasteiger partial charge in [0.1, 0.15) is 0 Å². The Morgan fingerprint density at radius 2 is 1.87 bits per heavy atom. The number of fused-ring (bicyclic) bond motifs is 1. The predicted molar refractivity (Wildman–Crippen MR) is 62.1 cm³/mol. The average molecular weight is 241 g/mol. The molecule has 15 heavy (non-hydrogen) atoms. The summed E-state index contributed by atoms with van der Waals surface area (Å²) in [7, 11) is -3.19. The Hall–Kier alpha value is -1.06. The quantitative estimate of drug-likeness (QED) is 0.768. The summed E-state index contributed by atoms with van der Waals surface area (Å²) in [5, 5.41) is 2.16. The summed E-state index contributed by atoms with van der Waals surface area (Å²) in [6.07, 6.45) is 1.20. The molecule has 2 nitrogen and oxygen atoms in total. The van der Waals surface area contributed by atoms with Gasteiger partial charge in [0.15, 0.2) is 9.84 Å². The largest absolute Gasteiger partial charge is 0.224 e. The van der Waals surface area contributed by atoms with E-state index in [1.165, 1.54) is 6.26 Å². The molecule has 0 aromatic heterocycles. The summed E-state index contributed by atoms with van der Waals surface area (Å²) in [6, 6.07) is 10.3. The van der Waals surface area contributed by atoms with E-state index in [-0.39, 0.29) is 0 Å². The number of hydrogen-bond acceptors (Lipinski definition) is 2. The molecule has 0 saturated carbocycles. The van der Waals surface area contributed by atoms with Crippen molar-refractivity contribution in [2.45, 2.75) is 4.90 Å². The van der Waals surface area contributed by atoms with Gasteiger partial charge in [0.2, 0.25) is 0 Å². The third-order valence-corrected chi connectivity index (χ3v) is 3.59. The Morgan fingerprint density at radius 3 is 2.53 bits per heavy atom. The van der Waals surface area contributed by atoms with Gasteiger partial charge in [-0.3, -0.25) is 0 Å². The highest BCUT2D eigenvalue weighted by Crippen LogP contribution is 2.25. The minimum atomic E-state index is -3.19. The first-order valence-corrected chi connectivity index (χ1v) is 6.64. The van der Waals surface area contributed by atoms with Gasteiger partial charge in [0.25, 0.3) is 0 Å². The highest BCUT2D eigenvalue weighted by Gasteiger charge is 2.10. The Morgan fingerprint density at radius 1 is 1.13 bits per heavy atom. The van der Waals surface area contributed by atoms with Crippen LogP contribution in [-0.4, -0.2) is 14.7 Å². The van der Waals surface area contributed by atoms with E-state index in [4.69, 9.17) is 11.6 Å². The van der Waals surface area contributed by atoms with Gasteiger partial charge in [0.05, 0.1) is 4.90 Å². The topological polar surface area (TPSA) is 34.1 Å². The van der Waals surface area contributed by atoms with Crippen LogP contribution in [0.5, 0.6) is 0 Å². The molecular formula is C11H9ClO2S. The van der Waals surface area contributed by atoms with Gasteiger partial charge >= 0.3 is 0 Å². The number of sulfone groups is 1. The number of rotatable bonds is 1. The molecule has 0 bridgehead atoms. The molecule has 0 N–H and O–H groups in total. The Balaban J connectivity index is 2.89. The highest BCUT2D eigenvalue weighted by atomic mass is 35.5. The minimum Gasteiger partial charge on any atom is -0.224 e. The monoisotopic (exact) mass is 240 g/mol. The normalized spacial score (nSPS) is 11.9. The SMILES string of the molecule is CS(=O)(=O)c1cccc2cc(Cl)ccc12. The molecule has 2 aromatic rings. The van der Waals surface area contributed by atoms with Gasteiger partial charge in [-0.05, 0) is 23.6 Å². The van der Waals surface area contributed by atoms with Crippen LogP contribution < -0.4 is 0 Å². The van der Waals surface area contributed by atoms with E-state index < -0.39 is 9.84 Å². The first-order valence-electron chi connectivity index (χ1n) is 4.37. The number of hydrogen-bond donors (Lipinski definition) is 0. The smallest absolute Gasteiger partial charge is 0.176 e. The van der Waals surface area contributed by atoms with Crippen LogP contribution in [0.1, 0.15) is 0 Å². The fraction of sp³-hybridized carbons (Fsp3) is 0.0909. The van der Waals surface area contributed by atoms with E-state index in [2.05, 4.69) is 0 Å². The fourth-order valence-corrected chi connectivity index (χ4v) is 2.64. The molecule has 2 rings (SSSR count). The second-order valence-electron chi connectivity index (χ2n) is 3.39. The van der Waals surface area contributed by atoms with E-state index in [9.17, 15) is 8.42 Å². The second kappa shape index (κ2) is 3.51. The first-order chi connectivity index (χ1) is 6.98. The fourth-order valence-electron chi connectivity index (χ4n) is 1.55. The first kappa shape index (κ1) is 10.5. The molecule has 0 amide bonds. The van der Waals surface area contributed by atoms with Crippen molar-refractivity contribution in [3.63, 3.8) is 0 Å². The van der Waals surface area contributed by atoms with Crippen LogP contribution in [0.2, 0.25) is 5.02 Å². The molecule has 4 heteroatoms. The highest BCUT2D eigenvalue weighted by molar-refractivity contribution is 7.91. The van der Waals surface area contributed by atoms with Gasteiger partial charge in [-0.25, -0.2) is 8.42 Å². The van der Waals surface area contributed by atoms with Crippen LogP contribution in [0.15, 0.2) is 41.3 Å². The van der Waals surface area contributed by atoms with Crippen molar-refractivity contribution in [3.05, 3.63) is 41.4 Å². The zero-order valence-electron chi connectivity index (χ0n) is 8.07. The standard InChI is InChI=1S/C11H9ClO2S/c1-15(13,14)11-4-2-3-8-7-9(12)5-6-10(8)11/h2-7H,1H3. The molecule has 0 heterocycles. The second-order valence-corrected chi connectivity index (χ2v) is 5.81. The summed E-state index contributed by atoms with van der Waals surface area (Å²) in [5.74, 6) is 0. The zero-order valence-corrected chi connectivity index (χ0v) is 9.64. The Bertz CT molecular complexity index is 618. The van der Waals surface area contributed by atoms with Crippen molar-refractivity contribution in [2.75, 3.05) is 6.26 Å². The van der Waals surface area contributed by atoms with Crippen molar-refractivity contribution >= 4 is 32.2 Å².